The average Bonchev–Trinajstić information content (AvgIpc) is 2.67. The highest BCUT2D eigenvalue weighted by molar-refractivity contribution is 14.1. The molecule has 1 spiro atoms. The minimum Gasteiger partial charge on any atom is -0.323 e. The number of hydrogen-bond acceptors (Lipinski definition) is 1. The Hall–Kier alpha value is -1.33. The fraction of sp³-hybridized carbons (Fsp3) is 0.118. The van der Waals surface area contributed by atoms with Crippen molar-refractivity contribution in [1.82, 2.24) is 4.90 Å². The summed E-state index contributed by atoms with van der Waals surface area (Å²) < 4.78 is 0.699. The molecular formula is C17H13ClINO. The second-order valence-electron chi connectivity index (χ2n) is 5.09. The molecule has 1 amide bonds. The molecule has 21 heavy (non-hydrogen) atoms. The van der Waals surface area contributed by atoms with Crippen LogP contribution in [-0.2, 0) is 4.79 Å². The highest BCUT2D eigenvalue weighted by Gasteiger charge is 2.50. The topological polar surface area (TPSA) is 20.3 Å². The molecular weight excluding hydrogens is 397 g/mol. The van der Waals surface area contributed by atoms with Gasteiger partial charge in [0.1, 0.15) is 5.54 Å². The maximum absolute atomic E-state index is 12.5. The van der Waals surface area contributed by atoms with Crippen molar-refractivity contribution in [2.24, 2.45) is 0 Å². The van der Waals surface area contributed by atoms with Crippen LogP contribution < -0.4 is 0 Å². The van der Waals surface area contributed by atoms with Gasteiger partial charge in [-0.1, -0.05) is 54.6 Å². The molecule has 0 bridgehead atoms. The zero-order valence-corrected chi connectivity index (χ0v) is 14.4. The Labute approximate surface area is 142 Å². The molecule has 1 aromatic rings. The van der Waals surface area contributed by atoms with Crippen LogP contribution in [0.4, 0.5) is 0 Å². The van der Waals surface area contributed by atoms with E-state index in [1.165, 1.54) is 0 Å². The Morgan fingerprint density at radius 3 is 2.57 bits per heavy atom. The van der Waals surface area contributed by atoms with Gasteiger partial charge in [-0.2, -0.15) is 0 Å². The van der Waals surface area contributed by atoms with Crippen molar-refractivity contribution in [2.75, 3.05) is 7.05 Å². The zero-order chi connectivity index (χ0) is 15.2. The third-order valence-electron chi connectivity index (χ3n) is 3.90. The SMILES string of the molecule is C=C1C=CC2(C(Cl)=C1)C(c1ccccc1)=C(I)C(=O)N2C. The van der Waals surface area contributed by atoms with Crippen molar-refractivity contribution in [3.8, 4) is 0 Å². The summed E-state index contributed by atoms with van der Waals surface area (Å²) >= 11 is 8.67. The van der Waals surface area contributed by atoms with E-state index in [2.05, 4.69) is 29.2 Å². The maximum atomic E-state index is 12.5. The van der Waals surface area contributed by atoms with Gasteiger partial charge in [-0.05, 0) is 45.9 Å². The molecule has 1 aromatic carbocycles. The minimum atomic E-state index is -0.724. The number of rotatable bonds is 1. The van der Waals surface area contributed by atoms with Gasteiger partial charge in [0.25, 0.3) is 5.91 Å². The van der Waals surface area contributed by atoms with E-state index >= 15 is 0 Å². The van der Waals surface area contributed by atoms with Gasteiger partial charge >= 0.3 is 0 Å². The number of benzene rings is 1. The van der Waals surface area contributed by atoms with E-state index in [9.17, 15) is 4.79 Å². The summed E-state index contributed by atoms with van der Waals surface area (Å²) in [4.78, 5) is 14.2. The van der Waals surface area contributed by atoms with Gasteiger partial charge in [0.2, 0.25) is 0 Å². The van der Waals surface area contributed by atoms with Crippen LogP contribution in [0.3, 0.4) is 0 Å². The van der Waals surface area contributed by atoms with E-state index in [-0.39, 0.29) is 5.91 Å². The molecule has 4 heteroatoms. The highest BCUT2D eigenvalue weighted by Crippen LogP contribution is 2.51. The minimum absolute atomic E-state index is 0.0156. The van der Waals surface area contributed by atoms with Gasteiger partial charge in [0.05, 0.1) is 8.61 Å². The number of nitrogens with zero attached hydrogens (tertiary/aromatic N) is 1. The van der Waals surface area contributed by atoms with E-state index in [0.29, 0.717) is 8.61 Å². The van der Waals surface area contributed by atoms with Crippen LogP contribution in [0.25, 0.3) is 5.57 Å². The van der Waals surface area contributed by atoms with Gasteiger partial charge in [0, 0.05) is 12.6 Å². The van der Waals surface area contributed by atoms with Crippen LogP contribution in [0.5, 0.6) is 0 Å². The number of allylic oxidation sites excluding steroid dienone is 3. The van der Waals surface area contributed by atoms with Gasteiger partial charge in [-0.25, -0.2) is 0 Å². The van der Waals surface area contributed by atoms with Crippen LogP contribution >= 0.6 is 34.2 Å². The van der Waals surface area contributed by atoms with E-state index in [0.717, 1.165) is 16.7 Å². The molecule has 3 rings (SSSR count). The predicted molar refractivity (Wildman–Crippen MR) is 95.1 cm³/mol. The summed E-state index contributed by atoms with van der Waals surface area (Å²) in [7, 11) is 1.78. The summed E-state index contributed by atoms with van der Waals surface area (Å²) in [6.07, 6.45) is 5.70. The number of halogens is 2. The monoisotopic (exact) mass is 409 g/mol. The first-order valence-electron chi connectivity index (χ1n) is 6.48. The third-order valence-corrected chi connectivity index (χ3v) is 5.30. The van der Waals surface area contributed by atoms with Crippen LogP contribution in [0.1, 0.15) is 5.56 Å². The Kier molecular flexibility index (Phi) is 3.58. The summed E-state index contributed by atoms with van der Waals surface area (Å²) in [6.45, 7) is 3.91. The van der Waals surface area contributed by atoms with Gasteiger partial charge in [-0.15, -0.1) is 0 Å². The summed E-state index contributed by atoms with van der Waals surface area (Å²) in [5, 5.41) is 0.594. The molecule has 2 nitrogen and oxygen atoms in total. The van der Waals surface area contributed by atoms with Crippen LogP contribution in [0.15, 0.2) is 69.3 Å². The van der Waals surface area contributed by atoms with Crippen LogP contribution in [-0.4, -0.2) is 23.4 Å². The molecule has 0 aromatic heterocycles. The first-order chi connectivity index (χ1) is 9.98. The van der Waals surface area contributed by atoms with Crippen molar-refractivity contribution in [1.29, 1.82) is 0 Å². The quantitative estimate of drug-likeness (QED) is 0.634. The Balaban J connectivity index is 2.29. The molecule has 1 aliphatic heterocycles. The molecule has 0 fully saturated rings. The summed E-state index contributed by atoms with van der Waals surface area (Å²) in [5.41, 5.74) is 2.04. The molecule has 106 valence electrons. The lowest BCUT2D eigenvalue weighted by Crippen LogP contribution is -2.45. The molecule has 0 N–H and O–H groups in total. The second kappa shape index (κ2) is 5.14. The molecule has 1 heterocycles. The number of carbonyl (C=O) groups is 1. The van der Waals surface area contributed by atoms with Crippen molar-refractivity contribution < 1.29 is 4.79 Å². The summed E-state index contributed by atoms with van der Waals surface area (Å²) in [5.74, 6) is -0.0156. The van der Waals surface area contributed by atoms with Crippen molar-refractivity contribution in [2.45, 2.75) is 5.54 Å². The average molecular weight is 410 g/mol. The Bertz CT molecular complexity index is 732. The lowest BCUT2D eigenvalue weighted by Gasteiger charge is -2.38. The number of amides is 1. The lowest BCUT2D eigenvalue weighted by atomic mass is 9.82. The molecule has 2 aliphatic rings. The standard InChI is InChI=1S/C17H13ClINO/c1-11-8-9-17(13(18)10-11)14(12-6-4-3-5-7-12)15(19)16(21)20(17)2/h3-10H,1H2,2H3. The molecule has 0 saturated heterocycles. The van der Waals surface area contributed by atoms with Crippen LogP contribution in [0, 0.1) is 0 Å². The van der Waals surface area contributed by atoms with Crippen LogP contribution in [0.2, 0.25) is 0 Å². The van der Waals surface area contributed by atoms with Gasteiger partial charge in [0.15, 0.2) is 0 Å². The lowest BCUT2D eigenvalue weighted by molar-refractivity contribution is -0.125. The van der Waals surface area contributed by atoms with Gasteiger partial charge < -0.3 is 4.90 Å². The Morgan fingerprint density at radius 2 is 1.95 bits per heavy atom. The molecule has 1 unspecified atom stereocenters. The highest BCUT2D eigenvalue weighted by atomic mass is 127. The summed E-state index contributed by atoms with van der Waals surface area (Å²) in [6, 6.07) is 9.89. The van der Waals surface area contributed by atoms with E-state index in [1.54, 1.807) is 11.9 Å². The van der Waals surface area contributed by atoms with Gasteiger partial charge in [-0.3, -0.25) is 4.79 Å². The second-order valence-corrected chi connectivity index (χ2v) is 6.57. The zero-order valence-electron chi connectivity index (χ0n) is 11.4. The molecule has 1 atom stereocenters. The number of carbonyl (C=O) groups excluding carboxylic acids is 1. The Morgan fingerprint density at radius 1 is 1.29 bits per heavy atom. The first-order valence-corrected chi connectivity index (χ1v) is 7.94. The fourth-order valence-corrected chi connectivity index (χ4v) is 4.31. The molecule has 0 radical (unpaired) electrons. The van der Waals surface area contributed by atoms with E-state index in [1.807, 2.05) is 48.6 Å². The third kappa shape index (κ3) is 2.02. The number of hydrogen-bond donors (Lipinski definition) is 0. The first kappa shape index (κ1) is 14.6. The normalized spacial score (nSPS) is 25.1. The largest absolute Gasteiger partial charge is 0.323 e. The van der Waals surface area contributed by atoms with Crippen molar-refractivity contribution in [3.05, 3.63) is 74.9 Å². The smallest absolute Gasteiger partial charge is 0.261 e. The predicted octanol–water partition coefficient (Wildman–Crippen LogP) is 4.29. The number of likely N-dealkylation sites (N-methyl/N-ethyl adjacent to an activating group) is 1. The maximum Gasteiger partial charge on any atom is 0.261 e. The van der Waals surface area contributed by atoms with Crippen molar-refractivity contribution in [3.63, 3.8) is 0 Å². The van der Waals surface area contributed by atoms with E-state index < -0.39 is 5.54 Å². The molecule has 0 saturated carbocycles. The molecule has 1 aliphatic carbocycles. The fourth-order valence-electron chi connectivity index (χ4n) is 2.80. The van der Waals surface area contributed by atoms with E-state index in [4.69, 9.17) is 11.6 Å². The van der Waals surface area contributed by atoms with Crippen molar-refractivity contribution >= 4 is 45.7 Å².